The maximum atomic E-state index is 14.7. The maximum Gasteiger partial charge on any atom is 0.315 e. The first-order valence-electron chi connectivity index (χ1n) is 11.1. The van der Waals surface area contributed by atoms with E-state index in [-0.39, 0.29) is 43.1 Å². The van der Waals surface area contributed by atoms with Gasteiger partial charge in [-0.05, 0) is 50.2 Å². The van der Waals surface area contributed by atoms with Crippen molar-refractivity contribution in [3.05, 3.63) is 29.3 Å². The Labute approximate surface area is 184 Å². The van der Waals surface area contributed by atoms with Crippen LogP contribution in [-0.4, -0.2) is 54.7 Å². The van der Waals surface area contributed by atoms with Crippen LogP contribution in [0.1, 0.15) is 50.0 Å². The third kappa shape index (κ3) is 4.85. The van der Waals surface area contributed by atoms with Crippen molar-refractivity contribution in [2.24, 2.45) is 5.92 Å². The summed E-state index contributed by atoms with van der Waals surface area (Å²) >= 11 is 0. The number of hydrogen-bond acceptors (Lipinski definition) is 5. The molecule has 0 bridgehead atoms. The molecule has 0 spiro atoms. The fourth-order valence-electron chi connectivity index (χ4n) is 4.74. The Kier molecular flexibility index (Phi) is 6.59. The number of carbonyl (C=O) groups is 3. The lowest BCUT2D eigenvalue weighted by molar-refractivity contribution is -0.134. The zero-order valence-electron chi connectivity index (χ0n) is 17.7. The molecule has 1 unspecified atom stereocenters. The lowest BCUT2D eigenvalue weighted by Crippen LogP contribution is -2.61. The molecular weight excluding hydrogens is 422 g/mol. The van der Waals surface area contributed by atoms with Gasteiger partial charge in [0, 0.05) is 43.4 Å². The van der Waals surface area contributed by atoms with Gasteiger partial charge in [-0.3, -0.25) is 14.9 Å². The predicted molar refractivity (Wildman–Crippen MR) is 112 cm³/mol. The van der Waals surface area contributed by atoms with Crippen LogP contribution in [-0.2, 0) is 9.59 Å². The van der Waals surface area contributed by atoms with Gasteiger partial charge >= 0.3 is 6.03 Å². The minimum absolute atomic E-state index is 0.0431. The first-order chi connectivity index (χ1) is 15.3. The number of hydrogen-bond donors (Lipinski definition) is 4. The Morgan fingerprint density at radius 2 is 1.66 bits per heavy atom. The number of piperidine rings is 1. The largest absolute Gasteiger partial charge is 0.396 e. The molecule has 3 aliphatic rings. The second-order valence-corrected chi connectivity index (χ2v) is 8.95. The summed E-state index contributed by atoms with van der Waals surface area (Å²) in [5.41, 5.74) is 0.0288. The Bertz CT molecular complexity index is 875. The second kappa shape index (κ2) is 9.40. The summed E-state index contributed by atoms with van der Waals surface area (Å²) in [6.45, 7) is 1.02. The number of nitrogens with zero attached hydrogens (tertiary/aromatic N) is 1. The summed E-state index contributed by atoms with van der Waals surface area (Å²) in [5.74, 6) is -3.47. The lowest BCUT2D eigenvalue weighted by Gasteiger charge is -2.41. The standard InChI is InChI=1S/C22H28F2N4O4/c23-17-7-15(8-18(24)20(17)16-5-6-19(30)27-21(16)31)28-9-14(10-28)26-22(32)25-13-3-1-12(11-29)2-4-13/h7-8,12-14,16,29H,1-6,9-11H2,(H2,25,26,32)(H,27,30,31). The summed E-state index contributed by atoms with van der Waals surface area (Å²) in [7, 11) is 0. The number of anilines is 1. The van der Waals surface area contributed by atoms with Gasteiger partial charge in [0.15, 0.2) is 0 Å². The molecule has 4 N–H and O–H groups in total. The van der Waals surface area contributed by atoms with Crippen LogP contribution in [0, 0.1) is 17.6 Å². The molecule has 2 heterocycles. The Balaban J connectivity index is 1.29. The van der Waals surface area contributed by atoms with E-state index in [1.165, 1.54) is 12.1 Å². The monoisotopic (exact) mass is 450 g/mol. The molecule has 0 aromatic heterocycles. The average molecular weight is 450 g/mol. The van der Waals surface area contributed by atoms with E-state index in [0.29, 0.717) is 24.7 Å². The predicted octanol–water partition coefficient (Wildman–Crippen LogP) is 1.52. The molecule has 0 radical (unpaired) electrons. The third-order valence-electron chi connectivity index (χ3n) is 6.67. The Morgan fingerprint density at radius 3 is 2.25 bits per heavy atom. The number of amides is 4. The second-order valence-electron chi connectivity index (χ2n) is 8.95. The molecule has 2 aliphatic heterocycles. The van der Waals surface area contributed by atoms with E-state index in [2.05, 4.69) is 16.0 Å². The molecule has 2 saturated heterocycles. The molecule has 174 valence electrons. The van der Waals surface area contributed by atoms with Crippen molar-refractivity contribution in [1.29, 1.82) is 0 Å². The molecule has 1 aromatic rings. The third-order valence-corrected chi connectivity index (χ3v) is 6.67. The molecule has 1 aliphatic carbocycles. The molecule has 1 saturated carbocycles. The first kappa shape index (κ1) is 22.4. The zero-order valence-corrected chi connectivity index (χ0v) is 17.7. The van der Waals surface area contributed by atoms with Gasteiger partial charge in [0.1, 0.15) is 11.6 Å². The van der Waals surface area contributed by atoms with Gasteiger partial charge in [0.05, 0.1) is 12.0 Å². The molecule has 3 fully saturated rings. The van der Waals surface area contributed by atoms with Crippen molar-refractivity contribution in [1.82, 2.24) is 16.0 Å². The normalized spacial score (nSPS) is 26.3. The number of aliphatic hydroxyl groups is 1. The number of benzene rings is 1. The van der Waals surface area contributed by atoms with Gasteiger partial charge in [-0.25, -0.2) is 13.6 Å². The molecule has 1 aromatic carbocycles. The molecule has 4 rings (SSSR count). The van der Waals surface area contributed by atoms with E-state index < -0.39 is 29.4 Å². The van der Waals surface area contributed by atoms with Gasteiger partial charge in [-0.15, -0.1) is 0 Å². The average Bonchev–Trinajstić information content (AvgIpc) is 2.72. The van der Waals surface area contributed by atoms with Crippen molar-refractivity contribution in [3.63, 3.8) is 0 Å². The Morgan fingerprint density at radius 1 is 1.03 bits per heavy atom. The smallest absolute Gasteiger partial charge is 0.315 e. The van der Waals surface area contributed by atoms with Crippen LogP contribution in [0.15, 0.2) is 12.1 Å². The highest BCUT2D eigenvalue weighted by Crippen LogP contribution is 2.33. The van der Waals surface area contributed by atoms with Crippen molar-refractivity contribution in [2.75, 3.05) is 24.6 Å². The van der Waals surface area contributed by atoms with Crippen molar-refractivity contribution >= 4 is 23.5 Å². The topological polar surface area (TPSA) is 111 Å². The van der Waals surface area contributed by atoms with E-state index >= 15 is 0 Å². The van der Waals surface area contributed by atoms with Gasteiger partial charge in [-0.2, -0.15) is 0 Å². The number of nitrogens with one attached hydrogen (secondary N) is 3. The molecular formula is C22H28F2N4O4. The highest BCUT2D eigenvalue weighted by Gasteiger charge is 2.34. The lowest BCUT2D eigenvalue weighted by atomic mass is 9.87. The van der Waals surface area contributed by atoms with Crippen molar-refractivity contribution in [2.45, 2.75) is 56.5 Å². The maximum absolute atomic E-state index is 14.7. The van der Waals surface area contributed by atoms with Gasteiger partial charge < -0.3 is 20.6 Å². The van der Waals surface area contributed by atoms with Crippen LogP contribution < -0.4 is 20.9 Å². The van der Waals surface area contributed by atoms with Gasteiger partial charge in [0.25, 0.3) is 0 Å². The summed E-state index contributed by atoms with van der Waals surface area (Å²) in [4.78, 5) is 37.2. The minimum Gasteiger partial charge on any atom is -0.396 e. The van der Waals surface area contributed by atoms with Crippen molar-refractivity contribution < 1.29 is 28.3 Å². The van der Waals surface area contributed by atoms with Crippen LogP contribution in [0.4, 0.5) is 19.3 Å². The zero-order chi connectivity index (χ0) is 22.8. The Hall–Kier alpha value is -2.75. The van der Waals surface area contributed by atoms with Gasteiger partial charge in [0.2, 0.25) is 11.8 Å². The summed E-state index contributed by atoms with van der Waals surface area (Å²) in [5, 5.41) is 17.1. The van der Waals surface area contributed by atoms with Crippen LogP contribution >= 0.6 is 0 Å². The molecule has 4 amide bonds. The van der Waals surface area contributed by atoms with Crippen LogP contribution in [0.25, 0.3) is 0 Å². The number of imide groups is 1. The van der Waals surface area contributed by atoms with Gasteiger partial charge in [-0.1, -0.05) is 0 Å². The molecule has 10 heteroatoms. The molecule has 32 heavy (non-hydrogen) atoms. The number of halogens is 2. The van der Waals surface area contributed by atoms with Crippen LogP contribution in [0.3, 0.4) is 0 Å². The number of rotatable bonds is 5. The fourth-order valence-corrected chi connectivity index (χ4v) is 4.74. The number of urea groups is 1. The number of carbonyl (C=O) groups excluding carboxylic acids is 3. The molecule has 1 atom stereocenters. The van der Waals surface area contributed by atoms with Crippen LogP contribution in [0.2, 0.25) is 0 Å². The fraction of sp³-hybridized carbons (Fsp3) is 0.591. The quantitative estimate of drug-likeness (QED) is 0.509. The first-order valence-corrected chi connectivity index (χ1v) is 11.1. The summed E-state index contributed by atoms with van der Waals surface area (Å²) < 4.78 is 29.4. The van der Waals surface area contributed by atoms with E-state index in [4.69, 9.17) is 0 Å². The molecule has 8 nitrogen and oxygen atoms in total. The van der Waals surface area contributed by atoms with E-state index in [1.807, 2.05) is 0 Å². The van der Waals surface area contributed by atoms with E-state index in [1.54, 1.807) is 4.90 Å². The van der Waals surface area contributed by atoms with Crippen LogP contribution in [0.5, 0.6) is 0 Å². The minimum atomic E-state index is -1.02. The van der Waals surface area contributed by atoms with E-state index in [0.717, 1.165) is 25.7 Å². The van der Waals surface area contributed by atoms with Crippen molar-refractivity contribution in [3.8, 4) is 0 Å². The van der Waals surface area contributed by atoms with E-state index in [9.17, 15) is 28.3 Å². The summed E-state index contributed by atoms with van der Waals surface area (Å²) in [6.07, 6.45) is 3.59. The highest BCUT2D eigenvalue weighted by molar-refractivity contribution is 6.01. The number of aliphatic hydroxyl groups excluding tert-OH is 1. The SMILES string of the molecule is O=C1CCC(c2c(F)cc(N3CC(NC(=O)NC4CCC(CO)CC4)C3)cc2F)C(=O)N1. The summed E-state index contributed by atoms with van der Waals surface area (Å²) in [6, 6.07) is 2.09. The highest BCUT2D eigenvalue weighted by atomic mass is 19.1.